The van der Waals surface area contributed by atoms with Gasteiger partial charge in [0.1, 0.15) is 23.8 Å². The molecule has 5 rings (SSSR count). The molecule has 196 valence electrons. The number of carboxylic acid groups (broad SMARTS) is 1. The number of anilines is 1. The van der Waals surface area contributed by atoms with Gasteiger partial charge >= 0.3 is 12.1 Å². The van der Waals surface area contributed by atoms with E-state index < -0.39 is 18.2 Å². The summed E-state index contributed by atoms with van der Waals surface area (Å²) in [4.78, 5) is 32.6. The number of hydrogen-bond acceptors (Lipinski definition) is 7. The Morgan fingerprint density at radius 2 is 1.82 bits per heavy atom. The second kappa shape index (κ2) is 10.9. The van der Waals surface area contributed by atoms with Crippen molar-refractivity contribution in [3.63, 3.8) is 0 Å². The quantitative estimate of drug-likeness (QED) is 0.228. The summed E-state index contributed by atoms with van der Waals surface area (Å²) in [6, 6.07) is 18.2. The lowest BCUT2D eigenvalue weighted by Gasteiger charge is -2.15. The first-order valence-electron chi connectivity index (χ1n) is 12.0. The number of ether oxygens (including phenoxy) is 1. The second-order valence-electron chi connectivity index (χ2n) is 8.88. The van der Waals surface area contributed by atoms with E-state index in [2.05, 4.69) is 20.4 Å². The zero-order valence-corrected chi connectivity index (χ0v) is 21.8. The van der Waals surface area contributed by atoms with E-state index in [0.29, 0.717) is 49.8 Å². The minimum absolute atomic E-state index is 0.0532. The number of amides is 1. The van der Waals surface area contributed by atoms with Gasteiger partial charge in [0.2, 0.25) is 0 Å². The largest absolute Gasteiger partial charge is 0.481 e. The van der Waals surface area contributed by atoms with E-state index in [0.717, 1.165) is 11.1 Å². The first kappa shape index (κ1) is 25.9. The van der Waals surface area contributed by atoms with Gasteiger partial charge < -0.3 is 14.4 Å². The number of carbonyl (C=O) groups is 2. The topological polar surface area (TPSA) is 127 Å². The van der Waals surface area contributed by atoms with Gasteiger partial charge in [-0.2, -0.15) is 0 Å². The summed E-state index contributed by atoms with van der Waals surface area (Å²) >= 11 is 6.24. The molecule has 5 aromatic rings. The van der Waals surface area contributed by atoms with Gasteiger partial charge in [-0.1, -0.05) is 65.3 Å². The normalized spacial score (nSPS) is 11.8. The average Bonchev–Trinajstić information content (AvgIpc) is 3.27. The number of benzene rings is 3. The van der Waals surface area contributed by atoms with Crippen molar-refractivity contribution in [3.05, 3.63) is 95.0 Å². The standard InChI is InChI=1S/C29H23ClN4O5/c1-16-26(33-29(37)38-17(2)20-5-3-4-6-24(20)30)28(39-34-16)22-12-11-21(27-23(22)14-31-15-32-27)19-9-7-18(8-10-19)13-25(35)36/h3-12,14-15,17H,13H2,1-2H3,(H,33,37)(H,35,36). The predicted octanol–water partition coefficient (Wildman–Crippen LogP) is 6.85. The van der Waals surface area contributed by atoms with Crippen molar-refractivity contribution in [3.8, 4) is 22.5 Å². The summed E-state index contributed by atoms with van der Waals surface area (Å²) in [6.07, 6.45) is 1.79. The van der Waals surface area contributed by atoms with Crippen molar-refractivity contribution in [2.24, 2.45) is 0 Å². The van der Waals surface area contributed by atoms with E-state index in [1.807, 2.05) is 30.3 Å². The summed E-state index contributed by atoms with van der Waals surface area (Å²) in [6.45, 7) is 3.45. The van der Waals surface area contributed by atoms with Crippen LogP contribution in [0, 0.1) is 6.92 Å². The SMILES string of the molecule is Cc1noc(-c2ccc(-c3ccc(CC(=O)O)cc3)c3ncncc23)c1NC(=O)OC(C)c1ccccc1Cl. The number of halogens is 1. The number of nitrogens with one attached hydrogen (secondary N) is 1. The Hall–Kier alpha value is -4.76. The van der Waals surface area contributed by atoms with E-state index in [-0.39, 0.29) is 6.42 Å². The van der Waals surface area contributed by atoms with Crippen LogP contribution in [0.25, 0.3) is 33.4 Å². The lowest BCUT2D eigenvalue weighted by atomic mass is 9.96. The average molecular weight is 543 g/mol. The van der Waals surface area contributed by atoms with Gasteiger partial charge in [-0.3, -0.25) is 10.1 Å². The van der Waals surface area contributed by atoms with Gasteiger partial charge in [-0.05, 0) is 37.1 Å². The van der Waals surface area contributed by atoms with Crippen LogP contribution in [-0.2, 0) is 16.0 Å². The van der Waals surface area contributed by atoms with Crippen molar-refractivity contribution in [2.45, 2.75) is 26.4 Å². The molecule has 0 spiro atoms. The van der Waals surface area contributed by atoms with Gasteiger partial charge in [0.05, 0.1) is 11.9 Å². The van der Waals surface area contributed by atoms with E-state index in [4.69, 9.17) is 26.0 Å². The maximum absolute atomic E-state index is 12.8. The van der Waals surface area contributed by atoms with Gasteiger partial charge in [-0.25, -0.2) is 14.8 Å². The molecule has 1 amide bonds. The summed E-state index contributed by atoms with van der Waals surface area (Å²) in [7, 11) is 0. The minimum atomic E-state index is -0.890. The third-order valence-electron chi connectivity index (χ3n) is 6.26. The lowest BCUT2D eigenvalue weighted by molar-refractivity contribution is -0.136. The number of carboxylic acids is 1. The Kier molecular flexibility index (Phi) is 7.25. The van der Waals surface area contributed by atoms with Crippen LogP contribution < -0.4 is 5.32 Å². The van der Waals surface area contributed by atoms with Crippen molar-refractivity contribution in [1.82, 2.24) is 15.1 Å². The summed E-state index contributed by atoms with van der Waals surface area (Å²) in [5, 5.41) is 17.1. The first-order valence-corrected chi connectivity index (χ1v) is 12.4. The number of nitrogens with zero attached hydrogens (tertiary/aromatic N) is 3. The molecular formula is C29H23ClN4O5. The number of aliphatic carboxylic acids is 1. The fraction of sp³-hybridized carbons (Fsp3) is 0.138. The molecule has 2 N–H and O–H groups in total. The lowest BCUT2D eigenvalue weighted by Crippen LogP contribution is -2.17. The Morgan fingerprint density at radius 3 is 2.56 bits per heavy atom. The van der Waals surface area contributed by atoms with Crippen LogP contribution in [0.15, 0.2) is 77.7 Å². The zero-order chi connectivity index (χ0) is 27.5. The minimum Gasteiger partial charge on any atom is -0.481 e. The monoisotopic (exact) mass is 542 g/mol. The van der Waals surface area contributed by atoms with Crippen LogP contribution >= 0.6 is 11.6 Å². The molecule has 0 bridgehead atoms. The molecule has 0 aliphatic heterocycles. The van der Waals surface area contributed by atoms with Gasteiger partial charge in [0.15, 0.2) is 5.76 Å². The molecule has 39 heavy (non-hydrogen) atoms. The van der Waals surface area contributed by atoms with E-state index in [1.54, 1.807) is 50.4 Å². The van der Waals surface area contributed by atoms with Crippen LogP contribution in [0.3, 0.4) is 0 Å². The highest BCUT2D eigenvalue weighted by Crippen LogP contribution is 2.38. The van der Waals surface area contributed by atoms with E-state index in [9.17, 15) is 9.59 Å². The third kappa shape index (κ3) is 5.44. The molecule has 0 fully saturated rings. The zero-order valence-electron chi connectivity index (χ0n) is 21.0. The van der Waals surface area contributed by atoms with Crippen LogP contribution in [0.4, 0.5) is 10.5 Å². The molecule has 1 atom stereocenters. The molecular weight excluding hydrogens is 520 g/mol. The molecule has 3 aromatic carbocycles. The van der Waals surface area contributed by atoms with Crippen LogP contribution in [0.2, 0.25) is 5.02 Å². The first-order chi connectivity index (χ1) is 18.8. The maximum Gasteiger partial charge on any atom is 0.412 e. The van der Waals surface area contributed by atoms with Gasteiger partial charge in [0, 0.05) is 33.3 Å². The molecule has 2 heterocycles. The smallest absolute Gasteiger partial charge is 0.412 e. The van der Waals surface area contributed by atoms with Gasteiger partial charge in [-0.15, -0.1) is 0 Å². The van der Waals surface area contributed by atoms with Crippen LogP contribution in [-0.4, -0.2) is 32.3 Å². The van der Waals surface area contributed by atoms with E-state index in [1.165, 1.54) is 6.33 Å². The molecule has 2 aromatic heterocycles. The number of rotatable bonds is 7. The molecule has 0 radical (unpaired) electrons. The highest BCUT2D eigenvalue weighted by molar-refractivity contribution is 6.31. The Labute approximate surface area is 228 Å². The fourth-order valence-corrected chi connectivity index (χ4v) is 4.63. The number of fused-ring (bicyclic) bond motifs is 1. The van der Waals surface area contributed by atoms with Crippen molar-refractivity contribution < 1.29 is 24.0 Å². The third-order valence-corrected chi connectivity index (χ3v) is 6.60. The molecule has 10 heteroatoms. The highest BCUT2D eigenvalue weighted by Gasteiger charge is 2.23. The molecule has 0 saturated carbocycles. The Balaban J connectivity index is 1.46. The number of carbonyl (C=O) groups excluding carboxylic acids is 1. The maximum atomic E-state index is 12.8. The van der Waals surface area contributed by atoms with Crippen molar-refractivity contribution in [1.29, 1.82) is 0 Å². The molecule has 0 aliphatic carbocycles. The summed E-state index contributed by atoms with van der Waals surface area (Å²) in [5.74, 6) is -0.558. The molecule has 0 aliphatic rings. The van der Waals surface area contributed by atoms with Crippen molar-refractivity contribution in [2.75, 3.05) is 5.32 Å². The summed E-state index contributed by atoms with van der Waals surface area (Å²) in [5.41, 5.74) is 5.20. The van der Waals surface area contributed by atoms with Gasteiger partial charge in [0.25, 0.3) is 0 Å². The highest BCUT2D eigenvalue weighted by atomic mass is 35.5. The second-order valence-corrected chi connectivity index (χ2v) is 9.29. The molecule has 0 saturated heterocycles. The number of aryl methyl sites for hydroxylation is 1. The Morgan fingerprint density at radius 1 is 1.08 bits per heavy atom. The molecule has 9 nitrogen and oxygen atoms in total. The fourth-order valence-electron chi connectivity index (χ4n) is 4.35. The Bertz CT molecular complexity index is 1680. The molecule has 1 unspecified atom stereocenters. The van der Waals surface area contributed by atoms with E-state index >= 15 is 0 Å². The summed E-state index contributed by atoms with van der Waals surface area (Å²) < 4.78 is 11.2. The van der Waals surface area contributed by atoms with Crippen LogP contribution in [0.5, 0.6) is 0 Å². The number of aromatic nitrogens is 3. The van der Waals surface area contributed by atoms with Crippen LogP contribution in [0.1, 0.15) is 29.8 Å². The predicted molar refractivity (Wildman–Crippen MR) is 147 cm³/mol. The number of hydrogen-bond donors (Lipinski definition) is 2. The van der Waals surface area contributed by atoms with Crippen molar-refractivity contribution >= 4 is 40.3 Å².